The first kappa shape index (κ1) is 15.1. The van der Waals surface area contributed by atoms with Crippen LogP contribution < -0.4 is 5.32 Å². The van der Waals surface area contributed by atoms with Gasteiger partial charge in [0.05, 0.1) is 13.0 Å². The van der Waals surface area contributed by atoms with E-state index in [9.17, 15) is 4.79 Å². The molecule has 0 aliphatic carbocycles. The van der Waals surface area contributed by atoms with E-state index in [-0.39, 0.29) is 12.3 Å². The fourth-order valence-corrected chi connectivity index (χ4v) is 2.35. The zero-order valence-corrected chi connectivity index (χ0v) is 13.3. The van der Waals surface area contributed by atoms with Crippen molar-refractivity contribution in [1.82, 2.24) is 39.7 Å². The van der Waals surface area contributed by atoms with E-state index in [1.807, 2.05) is 31.4 Å². The van der Waals surface area contributed by atoms with Gasteiger partial charge in [-0.25, -0.2) is 9.50 Å². The molecule has 1 N–H and O–H groups in total. The molecule has 23 heavy (non-hydrogen) atoms. The molecule has 3 aromatic rings. The Morgan fingerprint density at radius 2 is 2.13 bits per heavy atom. The summed E-state index contributed by atoms with van der Waals surface area (Å²) in [6.07, 6.45) is 1.74. The first-order chi connectivity index (χ1) is 11.1. The van der Waals surface area contributed by atoms with Crippen LogP contribution in [0.15, 0.2) is 12.4 Å². The molecule has 0 aliphatic heterocycles. The molecule has 1 amide bonds. The van der Waals surface area contributed by atoms with Crippen LogP contribution >= 0.6 is 0 Å². The number of nitrogens with zero attached hydrogens (tertiary/aromatic N) is 7. The molecule has 9 nitrogen and oxygen atoms in total. The minimum atomic E-state index is -0.166. The summed E-state index contributed by atoms with van der Waals surface area (Å²) in [6, 6.07) is 1.92. The maximum Gasteiger partial charge on any atom is 0.252 e. The molecule has 0 radical (unpaired) electrons. The number of hydrogen-bond donors (Lipinski definition) is 1. The van der Waals surface area contributed by atoms with Crippen LogP contribution in [0, 0.1) is 13.8 Å². The fraction of sp³-hybridized carbons (Fsp3) is 0.429. The highest BCUT2D eigenvalue weighted by Gasteiger charge is 2.12. The van der Waals surface area contributed by atoms with Gasteiger partial charge < -0.3 is 9.88 Å². The molecular formula is C14H18N8O. The van der Waals surface area contributed by atoms with Crippen molar-refractivity contribution >= 4 is 11.7 Å². The number of carbonyl (C=O) groups excluding carboxylic acids is 1. The monoisotopic (exact) mass is 314 g/mol. The summed E-state index contributed by atoms with van der Waals surface area (Å²) in [5, 5.41) is 14.9. The first-order valence-corrected chi connectivity index (χ1v) is 7.40. The third kappa shape index (κ3) is 3.17. The Morgan fingerprint density at radius 1 is 1.30 bits per heavy atom. The Balaban J connectivity index is 1.67. The second kappa shape index (κ2) is 6.11. The molecule has 0 fully saturated rings. The van der Waals surface area contributed by atoms with Crippen LogP contribution in [0.2, 0.25) is 0 Å². The minimum absolute atomic E-state index is 0.0993. The highest BCUT2D eigenvalue weighted by Crippen LogP contribution is 2.05. The normalized spacial score (nSPS) is 11.1. The molecule has 0 saturated heterocycles. The number of carbonyl (C=O) groups is 1. The van der Waals surface area contributed by atoms with Crippen LogP contribution in [0.25, 0.3) is 5.78 Å². The number of aryl methyl sites for hydroxylation is 3. The summed E-state index contributed by atoms with van der Waals surface area (Å²) in [7, 11) is 0. The summed E-state index contributed by atoms with van der Waals surface area (Å²) < 4.78 is 3.52. The van der Waals surface area contributed by atoms with Gasteiger partial charge in [-0.2, -0.15) is 4.98 Å². The molecule has 3 rings (SSSR count). The predicted octanol–water partition coefficient (Wildman–Crippen LogP) is 0.211. The molecule has 120 valence electrons. The summed E-state index contributed by atoms with van der Waals surface area (Å²) in [6.45, 7) is 6.91. The Hall–Kier alpha value is -2.84. The van der Waals surface area contributed by atoms with E-state index in [0.717, 1.165) is 23.8 Å². The van der Waals surface area contributed by atoms with Crippen molar-refractivity contribution in [2.24, 2.45) is 0 Å². The zero-order valence-electron chi connectivity index (χ0n) is 13.3. The number of hydrogen-bond acceptors (Lipinski definition) is 6. The molecule has 0 aromatic carbocycles. The lowest BCUT2D eigenvalue weighted by Crippen LogP contribution is -2.26. The van der Waals surface area contributed by atoms with Crippen LogP contribution in [0.5, 0.6) is 0 Å². The van der Waals surface area contributed by atoms with Gasteiger partial charge in [-0.15, -0.1) is 15.3 Å². The summed E-state index contributed by atoms with van der Waals surface area (Å²) >= 11 is 0. The van der Waals surface area contributed by atoms with Gasteiger partial charge in [-0.1, -0.05) is 0 Å². The molecule has 0 bridgehead atoms. The van der Waals surface area contributed by atoms with Crippen LogP contribution in [0.1, 0.15) is 30.0 Å². The highest BCUT2D eigenvalue weighted by atomic mass is 16.1. The predicted molar refractivity (Wildman–Crippen MR) is 81.5 cm³/mol. The van der Waals surface area contributed by atoms with Crippen molar-refractivity contribution in [2.45, 2.75) is 40.3 Å². The van der Waals surface area contributed by atoms with E-state index in [2.05, 4.69) is 30.6 Å². The quantitative estimate of drug-likeness (QED) is 0.722. The van der Waals surface area contributed by atoms with E-state index in [1.165, 1.54) is 0 Å². The molecule has 3 heterocycles. The molecule has 0 spiro atoms. The van der Waals surface area contributed by atoms with Gasteiger partial charge in [-0.3, -0.25) is 4.79 Å². The van der Waals surface area contributed by atoms with E-state index in [1.54, 1.807) is 10.8 Å². The molecule has 0 atom stereocenters. The average Bonchev–Trinajstić information content (AvgIpc) is 3.11. The lowest BCUT2D eigenvalue weighted by atomic mass is 10.4. The molecule has 0 unspecified atom stereocenters. The van der Waals surface area contributed by atoms with Gasteiger partial charge in [0.25, 0.3) is 5.78 Å². The topological polar surface area (TPSA) is 103 Å². The number of fused-ring (bicyclic) bond motifs is 1. The fourth-order valence-electron chi connectivity index (χ4n) is 2.35. The second-order valence-corrected chi connectivity index (χ2v) is 5.27. The number of nitrogens with one attached hydrogen (secondary N) is 1. The van der Waals surface area contributed by atoms with Crippen molar-refractivity contribution in [3.05, 3.63) is 35.4 Å². The Bertz CT molecular complexity index is 850. The van der Waals surface area contributed by atoms with Crippen molar-refractivity contribution in [2.75, 3.05) is 0 Å². The third-order valence-corrected chi connectivity index (χ3v) is 3.46. The maximum atomic E-state index is 12.1. The lowest BCUT2D eigenvalue weighted by molar-refractivity contribution is -0.120. The Labute approximate surface area is 132 Å². The lowest BCUT2D eigenvalue weighted by Gasteiger charge is -2.04. The third-order valence-electron chi connectivity index (χ3n) is 3.46. The molecular weight excluding hydrogens is 296 g/mol. The van der Waals surface area contributed by atoms with Gasteiger partial charge in [0.15, 0.2) is 11.6 Å². The van der Waals surface area contributed by atoms with Crippen LogP contribution in [0.3, 0.4) is 0 Å². The Morgan fingerprint density at radius 3 is 2.91 bits per heavy atom. The molecule has 3 aromatic heterocycles. The second-order valence-electron chi connectivity index (χ2n) is 5.27. The number of aromatic nitrogens is 7. The summed E-state index contributed by atoms with van der Waals surface area (Å²) in [5.74, 6) is 1.51. The van der Waals surface area contributed by atoms with E-state index >= 15 is 0 Å². The first-order valence-electron chi connectivity index (χ1n) is 7.40. The van der Waals surface area contributed by atoms with E-state index < -0.39 is 0 Å². The molecule has 0 aliphatic rings. The van der Waals surface area contributed by atoms with Gasteiger partial charge in [0.1, 0.15) is 6.33 Å². The highest BCUT2D eigenvalue weighted by molar-refractivity contribution is 5.77. The van der Waals surface area contributed by atoms with Crippen molar-refractivity contribution < 1.29 is 4.79 Å². The van der Waals surface area contributed by atoms with Crippen molar-refractivity contribution in [3.63, 3.8) is 0 Å². The van der Waals surface area contributed by atoms with Gasteiger partial charge in [0, 0.05) is 17.9 Å². The smallest absolute Gasteiger partial charge is 0.252 e. The van der Waals surface area contributed by atoms with E-state index in [4.69, 9.17) is 0 Å². The van der Waals surface area contributed by atoms with Gasteiger partial charge in [0.2, 0.25) is 5.91 Å². The van der Waals surface area contributed by atoms with Crippen LogP contribution in [-0.2, 0) is 24.3 Å². The van der Waals surface area contributed by atoms with E-state index in [0.29, 0.717) is 18.1 Å². The summed E-state index contributed by atoms with van der Waals surface area (Å²) in [4.78, 5) is 20.7. The van der Waals surface area contributed by atoms with Crippen molar-refractivity contribution in [1.29, 1.82) is 0 Å². The van der Waals surface area contributed by atoms with Crippen LogP contribution in [0.4, 0.5) is 0 Å². The number of rotatable bonds is 5. The standard InChI is InChI=1S/C14H18N8O/c1-4-21-8-16-19-12(21)7-15-13(23)6-11-18-14-17-9(2)5-10(3)22(14)20-11/h5,8H,4,6-7H2,1-3H3,(H,15,23). The number of amides is 1. The average molecular weight is 314 g/mol. The summed E-state index contributed by atoms with van der Waals surface area (Å²) in [5.41, 5.74) is 1.81. The van der Waals surface area contributed by atoms with Gasteiger partial charge >= 0.3 is 0 Å². The maximum absolute atomic E-state index is 12.1. The SMILES string of the molecule is CCn1cnnc1CNC(=O)Cc1nc2nc(C)cc(C)n2n1. The molecule has 0 saturated carbocycles. The largest absolute Gasteiger partial charge is 0.348 e. The van der Waals surface area contributed by atoms with Crippen molar-refractivity contribution in [3.8, 4) is 0 Å². The zero-order chi connectivity index (χ0) is 16.4. The minimum Gasteiger partial charge on any atom is -0.348 e. The molecule has 9 heteroatoms. The Kier molecular flexibility index (Phi) is 4.00. The van der Waals surface area contributed by atoms with Crippen LogP contribution in [-0.4, -0.2) is 40.3 Å². The van der Waals surface area contributed by atoms with Gasteiger partial charge in [-0.05, 0) is 26.8 Å².